The lowest BCUT2D eigenvalue weighted by molar-refractivity contribution is -0.0232. The standard InChI is InChI=1S/C22H34O5/c1-7-9-15(5)12-18(24)21(14(3)4)19(8-2)27-22(25)16-10-11-17(23)20(13-16)26-6/h10-14,18-19,21,23-24H,7-9H2,1-6H3/b15-12+. The molecule has 5 nitrogen and oxygen atoms in total. The van der Waals surface area contributed by atoms with Crippen molar-refractivity contribution in [3.05, 3.63) is 35.4 Å². The van der Waals surface area contributed by atoms with Crippen molar-refractivity contribution in [2.24, 2.45) is 11.8 Å². The Bertz CT molecular complexity index is 636. The van der Waals surface area contributed by atoms with Crippen LogP contribution in [0.2, 0.25) is 0 Å². The summed E-state index contributed by atoms with van der Waals surface area (Å²) in [5.41, 5.74) is 1.44. The molecule has 3 atom stereocenters. The molecule has 0 radical (unpaired) electrons. The van der Waals surface area contributed by atoms with Gasteiger partial charge in [-0.1, -0.05) is 45.8 Å². The Hall–Kier alpha value is -2.01. The lowest BCUT2D eigenvalue weighted by atomic mass is 9.83. The van der Waals surface area contributed by atoms with Crippen LogP contribution in [0.25, 0.3) is 0 Å². The van der Waals surface area contributed by atoms with E-state index in [4.69, 9.17) is 9.47 Å². The number of aliphatic hydroxyl groups excluding tert-OH is 1. The summed E-state index contributed by atoms with van der Waals surface area (Å²) in [5.74, 6) is -0.376. The summed E-state index contributed by atoms with van der Waals surface area (Å²) < 4.78 is 10.8. The molecule has 0 fully saturated rings. The number of aromatic hydroxyl groups is 1. The molecular weight excluding hydrogens is 344 g/mol. The highest BCUT2D eigenvalue weighted by molar-refractivity contribution is 5.90. The molecule has 0 spiro atoms. The molecule has 2 N–H and O–H groups in total. The van der Waals surface area contributed by atoms with Crippen LogP contribution in [0.3, 0.4) is 0 Å². The predicted octanol–water partition coefficient (Wildman–Crippen LogP) is 4.72. The second-order valence-corrected chi connectivity index (χ2v) is 7.31. The summed E-state index contributed by atoms with van der Waals surface area (Å²) in [7, 11) is 1.43. The van der Waals surface area contributed by atoms with Crippen LogP contribution in [0.15, 0.2) is 29.8 Å². The highest BCUT2D eigenvalue weighted by Crippen LogP contribution is 2.29. The van der Waals surface area contributed by atoms with E-state index in [9.17, 15) is 15.0 Å². The number of phenolic OH excluding ortho intramolecular Hbond substituents is 1. The van der Waals surface area contributed by atoms with E-state index >= 15 is 0 Å². The number of benzene rings is 1. The van der Waals surface area contributed by atoms with Gasteiger partial charge in [0.05, 0.1) is 18.8 Å². The molecule has 0 saturated heterocycles. The number of esters is 1. The monoisotopic (exact) mass is 378 g/mol. The van der Waals surface area contributed by atoms with Gasteiger partial charge in [0, 0.05) is 5.92 Å². The zero-order valence-corrected chi connectivity index (χ0v) is 17.4. The van der Waals surface area contributed by atoms with Gasteiger partial charge in [0.25, 0.3) is 0 Å². The van der Waals surface area contributed by atoms with E-state index in [0.717, 1.165) is 18.4 Å². The Balaban J connectivity index is 3.01. The average molecular weight is 379 g/mol. The minimum Gasteiger partial charge on any atom is -0.504 e. The number of carbonyl (C=O) groups is 1. The van der Waals surface area contributed by atoms with Crippen LogP contribution in [0, 0.1) is 11.8 Å². The largest absolute Gasteiger partial charge is 0.504 e. The van der Waals surface area contributed by atoms with Crippen molar-refractivity contribution in [3.63, 3.8) is 0 Å². The van der Waals surface area contributed by atoms with Crippen molar-refractivity contribution >= 4 is 5.97 Å². The zero-order chi connectivity index (χ0) is 20.6. The van der Waals surface area contributed by atoms with Crippen LogP contribution in [-0.4, -0.2) is 35.5 Å². The SMILES string of the molecule is CCC/C(C)=C/C(O)C(C(C)C)C(CC)OC(=O)c1ccc(O)c(OC)c1. The first-order valence-electron chi connectivity index (χ1n) is 9.68. The number of hydrogen-bond acceptors (Lipinski definition) is 5. The molecule has 0 amide bonds. The molecular formula is C22H34O5. The van der Waals surface area contributed by atoms with Crippen molar-refractivity contribution in [3.8, 4) is 11.5 Å². The summed E-state index contributed by atoms with van der Waals surface area (Å²) in [6.07, 6.45) is 3.35. The number of aliphatic hydroxyl groups is 1. The molecule has 5 heteroatoms. The number of ether oxygens (including phenoxy) is 2. The first kappa shape index (κ1) is 23.0. The minimum atomic E-state index is -0.677. The zero-order valence-electron chi connectivity index (χ0n) is 17.4. The lowest BCUT2D eigenvalue weighted by Gasteiger charge is -2.32. The topological polar surface area (TPSA) is 76.0 Å². The van der Waals surface area contributed by atoms with Gasteiger partial charge in [-0.3, -0.25) is 0 Å². The van der Waals surface area contributed by atoms with Crippen LogP contribution < -0.4 is 4.74 Å². The van der Waals surface area contributed by atoms with E-state index in [1.54, 1.807) is 0 Å². The number of allylic oxidation sites excluding steroid dienone is 1. The van der Waals surface area contributed by atoms with E-state index in [1.165, 1.54) is 25.3 Å². The maximum Gasteiger partial charge on any atom is 0.338 e. The van der Waals surface area contributed by atoms with Gasteiger partial charge >= 0.3 is 5.97 Å². The second-order valence-electron chi connectivity index (χ2n) is 7.31. The third kappa shape index (κ3) is 6.58. The Morgan fingerprint density at radius 1 is 1.26 bits per heavy atom. The van der Waals surface area contributed by atoms with E-state index in [0.29, 0.717) is 12.0 Å². The fourth-order valence-corrected chi connectivity index (χ4v) is 3.37. The van der Waals surface area contributed by atoms with Gasteiger partial charge in [0.1, 0.15) is 6.10 Å². The Morgan fingerprint density at radius 2 is 1.93 bits per heavy atom. The molecule has 0 aliphatic carbocycles. The molecule has 0 heterocycles. The predicted molar refractivity (Wildman–Crippen MR) is 107 cm³/mol. The molecule has 1 rings (SSSR count). The minimum absolute atomic E-state index is 0.0342. The fraction of sp³-hybridized carbons (Fsp3) is 0.591. The van der Waals surface area contributed by atoms with Crippen LogP contribution in [0.5, 0.6) is 11.5 Å². The first-order valence-corrected chi connectivity index (χ1v) is 9.68. The van der Waals surface area contributed by atoms with Gasteiger partial charge in [0.2, 0.25) is 0 Å². The smallest absolute Gasteiger partial charge is 0.338 e. The molecule has 0 aromatic heterocycles. The van der Waals surface area contributed by atoms with Gasteiger partial charge in [-0.05, 0) is 43.9 Å². The van der Waals surface area contributed by atoms with Crippen molar-refractivity contribution in [1.29, 1.82) is 0 Å². The maximum absolute atomic E-state index is 12.6. The first-order chi connectivity index (χ1) is 12.7. The summed E-state index contributed by atoms with van der Waals surface area (Å²) in [6, 6.07) is 4.36. The Labute approximate surface area is 163 Å². The molecule has 0 bridgehead atoms. The average Bonchev–Trinajstić information content (AvgIpc) is 2.61. The van der Waals surface area contributed by atoms with Crippen LogP contribution in [0.1, 0.15) is 64.2 Å². The summed E-state index contributed by atoms with van der Waals surface area (Å²) in [6.45, 7) is 10.1. The van der Waals surface area contributed by atoms with Crippen molar-refractivity contribution in [1.82, 2.24) is 0 Å². The van der Waals surface area contributed by atoms with Gasteiger partial charge in [0.15, 0.2) is 11.5 Å². The number of hydrogen-bond donors (Lipinski definition) is 2. The lowest BCUT2D eigenvalue weighted by Crippen LogP contribution is -2.37. The third-order valence-corrected chi connectivity index (χ3v) is 4.77. The van der Waals surface area contributed by atoms with Crippen LogP contribution in [0.4, 0.5) is 0 Å². The number of methoxy groups -OCH3 is 1. The highest BCUT2D eigenvalue weighted by Gasteiger charge is 2.32. The Morgan fingerprint density at radius 3 is 2.44 bits per heavy atom. The molecule has 27 heavy (non-hydrogen) atoms. The highest BCUT2D eigenvalue weighted by atomic mass is 16.5. The Kier molecular flexibility index (Phi) is 9.36. The molecule has 0 aliphatic heterocycles. The van der Waals surface area contributed by atoms with E-state index in [2.05, 4.69) is 6.92 Å². The molecule has 0 saturated carbocycles. The molecule has 152 valence electrons. The van der Waals surface area contributed by atoms with Gasteiger partial charge in [-0.15, -0.1) is 0 Å². The quantitative estimate of drug-likeness (QED) is 0.455. The molecule has 0 aliphatic rings. The summed E-state index contributed by atoms with van der Waals surface area (Å²) in [4.78, 5) is 12.6. The van der Waals surface area contributed by atoms with Gasteiger partial charge in [-0.25, -0.2) is 4.79 Å². The van der Waals surface area contributed by atoms with E-state index in [1.807, 2.05) is 33.8 Å². The number of carbonyl (C=O) groups excluding carboxylic acids is 1. The van der Waals surface area contributed by atoms with Gasteiger partial charge < -0.3 is 19.7 Å². The third-order valence-electron chi connectivity index (χ3n) is 4.77. The van der Waals surface area contributed by atoms with Crippen molar-refractivity contribution in [2.45, 2.75) is 66.1 Å². The molecule has 1 aromatic carbocycles. The van der Waals surface area contributed by atoms with E-state index in [-0.39, 0.29) is 23.3 Å². The summed E-state index contributed by atoms with van der Waals surface area (Å²) >= 11 is 0. The molecule has 3 unspecified atom stereocenters. The van der Waals surface area contributed by atoms with Crippen molar-refractivity contribution < 1.29 is 24.5 Å². The normalized spacial score (nSPS) is 15.3. The van der Waals surface area contributed by atoms with Crippen LogP contribution >= 0.6 is 0 Å². The van der Waals surface area contributed by atoms with E-state index < -0.39 is 18.2 Å². The van der Waals surface area contributed by atoms with Crippen molar-refractivity contribution in [2.75, 3.05) is 7.11 Å². The maximum atomic E-state index is 12.6. The number of rotatable bonds is 10. The second kappa shape index (κ2) is 11.0. The fourth-order valence-electron chi connectivity index (χ4n) is 3.37. The van der Waals surface area contributed by atoms with Crippen LogP contribution in [-0.2, 0) is 4.74 Å². The summed E-state index contributed by atoms with van der Waals surface area (Å²) in [5, 5.41) is 20.4. The number of phenols is 1. The molecule has 1 aromatic rings. The van der Waals surface area contributed by atoms with Gasteiger partial charge in [-0.2, -0.15) is 0 Å².